The fourth-order valence-corrected chi connectivity index (χ4v) is 5.27. The Hall–Kier alpha value is -3.16. The Morgan fingerprint density at radius 3 is 2.66 bits per heavy atom. The second-order valence-corrected chi connectivity index (χ2v) is 9.05. The highest BCUT2D eigenvalue weighted by Crippen LogP contribution is 2.32. The van der Waals surface area contributed by atoms with Crippen molar-refractivity contribution in [3.05, 3.63) is 52.8 Å². The van der Waals surface area contributed by atoms with Crippen molar-refractivity contribution in [2.45, 2.75) is 50.5 Å². The molecule has 8 heteroatoms. The lowest BCUT2D eigenvalue weighted by Gasteiger charge is -2.34. The van der Waals surface area contributed by atoms with E-state index in [-0.39, 0.29) is 36.1 Å². The van der Waals surface area contributed by atoms with Crippen molar-refractivity contribution in [3.63, 3.8) is 0 Å². The van der Waals surface area contributed by atoms with Gasteiger partial charge in [0.2, 0.25) is 5.91 Å². The molecule has 0 radical (unpaired) electrons. The molecule has 2 aromatic rings. The lowest BCUT2D eigenvalue weighted by Crippen LogP contribution is -2.41. The predicted molar refractivity (Wildman–Crippen MR) is 118 cm³/mol. The largest absolute Gasteiger partial charge is 0.345 e. The van der Waals surface area contributed by atoms with E-state index in [1.54, 1.807) is 12.3 Å². The van der Waals surface area contributed by atoms with Gasteiger partial charge < -0.3 is 15.1 Å². The van der Waals surface area contributed by atoms with Crippen molar-refractivity contribution < 1.29 is 14.4 Å². The van der Waals surface area contributed by atoms with Crippen molar-refractivity contribution >= 4 is 17.7 Å². The first kappa shape index (κ1) is 20.7. The minimum Gasteiger partial charge on any atom is -0.345 e. The minimum atomic E-state index is -0.282. The monoisotopic (exact) mass is 435 g/mol. The molecule has 32 heavy (non-hydrogen) atoms. The van der Waals surface area contributed by atoms with Crippen molar-refractivity contribution in [1.29, 1.82) is 0 Å². The summed E-state index contributed by atoms with van der Waals surface area (Å²) in [5, 5.41) is 10.2. The molecule has 2 saturated heterocycles. The van der Waals surface area contributed by atoms with Crippen molar-refractivity contribution in [2.24, 2.45) is 0 Å². The highest BCUT2D eigenvalue weighted by Gasteiger charge is 2.34. The second-order valence-electron chi connectivity index (χ2n) is 9.05. The van der Waals surface area contributed by atoms with E-state index in [1.165, 1.54) is 6.42 Å². The average molecular weight is 436 g/mol. The molecule has 0 aliphatic carbocycles. The van der Waals surface area contributed by atoms with Crippen molar-refractivity contribution in [3.8, 4) is 0 Å². The number of hydrogen-bond acceptors (Lipinski definition) is 4. The smallest absolute Gasteiger partial charge is 0.257 e. The molecule has 3 aliphatic rings. The first-order chi connectivity index (χ1) is 15.6. The quantitative estimate of drug-likeness (QED) is 0.771. The maximum atomic E-state index is 13.1. The number of nitrogens with zero attached hydrogens (tertiary/aromatic N) is 3. The standard InChI is InChI=1S/C24H29N5O3/c30-21(13-20-17-8-2-3-9-18(17)23(31)26-20)29-12-6-7-16(15-29)22-19(14-25-27-22)24(32)28-10-4-1-5-11-28/h2-3,8-9,14,16,20H,1,4-7,10-13,15H2,(H,25,27)(H,26,31)/t16-,20+/m0/s1. The van der Waals surface area contributed by atoms with E-state index in [4.69, 9.17) is 0 Å². The minimum absolute atomic E-state index is 0.0279. The van der Waals surface area contributed by atoms with E-state index in [2.05, 4.69) is 15.5 Å². The van der Waals surface area contributed by atoms with Gasteiger partial charge in [0.1, 0.15) is 0 Å². The Morgan fingerprint density at radius 2 is 1.81 bits per heavy atom. The predicted octanol–water partition coefficient (Wildman–Crippen LogP) is 2.62. The number of aromatic nitrogens is 2. The Bertz CT molecular complexity index is 1030. The van der Waals surface area contributed by atoms with Gasteiger partial charge in [-0.3, -0.25) is 19.5 Å². The van der Waals surface area contributed by atoms with Gasteiger partial charge in [0.05, 0.1) is 29.9 Å². The summed E-state index contributed by atoms with van der Waals surface area (Å²) in [6.07, 6.45) is 6.94. The topological polar surface area (TPSA) is 98.4 Å². The number of nitrogens with one attached hydrogen (secondary N) is 2. The van der Waals surface area contributed by atoms with Gasteiger partial charge in [-0.25, -0.2) is 0 Å². The van der Waals surface area contributed by atoms with Crippen LogP contribution in [0, 0.1) is 0 Å². The molecule has 0 saturated carbocycles. The van der Waals surface area contributed by atoms with Crippen molar-refractivity contribution in [2.75, 3.05) is 26.2 Å². The average Bonchev–Trinajstić information content (AvgIpc) is 3.45. The molecule has 4 heterocycles. The number of likely N-dealkylation sites (tertiary alicyclic amines) is 2. The lowest BCUT2D eigenvalue weighted by molar-refractivity contribution is -0.132. The van der Waals surface area contributed by atoms with Crippen LogP contribution in [0.4, 0.5) is 0 Å². The molecule has 3 aliphatic heterocycles. The van der Waals surface area contributed by atoms with Gasteiger partial charge in [-0.1, -0.05) is 18.2 Å². The summed E-state index contributed by atoms with van der Waals surface area (Å²) in [5.41, 5.74) is 3.03. The Kier molecular flexibility index (Phi) is 5.68. The molecule has 8 nitrogen and oxygen atoms in total. The van der Waals surface area contributed by atoms with Gasteiger partial charge in [-0.2, -0.15) is 5.10 Å². The summed E-state index contributed by atoms with van der Waals surface area (Å²) < 4.78 is 0. The molecule has 2 N–H and O–H groups in total. The van der Waals surface area contributed by atoms with Crippen LogP contribution >= 0.6 is 0 Å². The van der Waals surface area contributed by atoms with Crippen LogP contribution in [0.25, 0.3) is 0 Å². The molecule has 0 spiro atoms. The molecule has 0 bridgehead atoms. The molecule has 0 unspecified atom stereocenters. The molecule has 3 amide bonds. The first-order valence-corrected chi connectivity index (χ1v) is 11.6. The highest BCUT2D eigenvalue weighted by atomic mass is 16.2. The van der Waals surface area contributed by atoms with E-state index < -0.39 is 0 Å². The molecular formula is C24H29N5O3. The Balaban J connectivity index is 1.27. The summed E-state index contributed by atoms with van der Waals surface area (Å²) in [6, 6.07) is 7.16. The van der Waals surface area contributed by atoms with Gasteiger partial charge >= 0.3 is 0 Å². The maximum Gasteiger partial charge on any atom is 0.257 e. The van der Waals surface area contributed by atoms with Gasteiger partial charge in [0.15, 0.2) is 0 Å². The molecule has 2 atom stereocenters. The van der Waals surface area contributed by atoms with E-state index in [0.717, 1.165) is 50.0 Å². The van der Waals surface area contributed by atoms with E-state index in [0.29, 0.717) is 24.2 Å². The third kappa shape index (κ3) is 3.89. The van der Waals surface area contributed by atoms with E-state index in [1.807, 2.05) is 28.0 Å². The number of hydrogen-bond donors (Lipinski definition) is 2. The van der Waals surface area contributed by atoms with Gasteiger partial charge in [-0.15, -0.1) is 0 Å². The summed E-state index contributed by atoms with van der Waals surface area (Å²) in [7, 11) is 0. The van der Waals surface area contributed by atoms with Crippen LogP contribution in [0.3, 0.4) is 0 Å². The van der Waals surface area contributed by atoms with Crippen LogP contribution in [0.15, 0.2) is 30.5 Å². The number of piperidine rings is 2. The summed E-state index contributed by atoms with van der Waals surface area (Å²) in [4.78, 5) is 42.2. The van der Waals surface area contributed by atoms with Gasteiger partial charge in [0.25, 0.3) is 11.8 Å². The molecule has 1 aromatic heterocycles. The maximum absolute atomic E-state index is 13.1. The molecular weight excluding hydrogens is 406 g/mol. The second kappa shape index (κ2) is 8.76. The fourth-order valence-electron chi connectivity index (χ4n) is 5.27. The van der Waals surface area contributed by atoms with E-state index >= 15 is 0 Å². The van der Waals surface area contributed by atoms with Crippen molar-refractivity contribution in [1.82, 2.24) is 25.3 Å². The number of fused-ring (bicyclic) bond motifs is 1. The number of carbonyl (C=O) groups excluding carboxylic acids is 3. The van der Waals surface area contributed by atoms with Crippen LogP contribution in [-0.4, -0.2) is 63.9 Å². The van der Waals surface area contributed by atoms with E-state index in [9.17, 15) is 14.4 Å². The first-order valence-electron chi connectivity index (χ1n) is 11.6. The number of benzene rings is 1. The lowest BCUT2D eigenvalue weighted by atomic mass is 9.91. The number of carbonyl (C=O) groups is 3. The third-order valence-corrected chi connectivity index (χ3v) is 6.99. The fraction of sp³-hybridized carbons (Fsp3) is 0.500. The summed E-state index contributed by atoms with van der Waals surface area (Å²) >= 11 is 0. The van der Waals surface area contributed by atoms with Crippen LogP contribution in [0.1, 0.15) is 82.5 Å². The summed E-state index contributed by atoms with van der Waals surface area (Å²) in [5.74, 6) is 0.0138. The molecule has 168 valence electrons. The highest BCUT2D eigenvalue weighted by molar-refractivity contribution is 5.99. The van der Waals surface area contributed by atoms with Gasteiger partial charge in [-0.05, 0) is 43.7 Å². The molecule has 2 fully saturated rings. The zero-order chi connectivity index (χ0) is 22.1. The van der Waals surface area contributed by atoms with Gasteiger partial charge in [0, 0.05) is 37.7 Å². The zero-order valence-electron chi connectivity index (χ0n) is 18.2. The normalized spacial score (nSPS) is 23.1. The zero-order valence-corrected chi connectivity index (χ0v) is 18.2. The third-order valence-electron chi connectivity index (χ3n) is 6.99. The van der Waals surface area contributed by atoms with Crippen LogP contribution in [0.5, 0.6) is 0 Å². The summed E-state index contributed by atoms with van der Waals surface area (Å²) in [6.45, 7) is 2.85. The van der Waals surface area contributed by atoms with Crippen LogP contribution in [0.2, 0.25) is 0 Å². The number of rotatable bonds is 4. The number of H-pyrrole nitrogens is 1. The Labute approximate surface area is 187 Å². The SMILES string of the molecule is O=C1N[C@H](CC(=O)N2CCC[C@H](c3[nH]ncc3C(=O)N3CCCCC3)C2)c2ccccc21. The Morgan fingerprint density at radius 1 is 1.03 bits per heavy atom. The number of amides is 3. The molecule has 5 rings (SSSR count). The van der Waals surface area contributed by atoms with Crippen LogP contribution in [-0.2, 0) is 4.79 Å². The number of aromatic amines is 1. The molecule has 1 aromatic carbocycles. The van der Waals surface area contributed by atoms with Crippen LogP contribution < -0.4 is 5.32 Å².